The van der Waals surface area contributed by atoms with Crippen molar-refractivity contribution in [2.75, 3.05) is 0 Å². The van der Waals surface area contributed by atoms with Gasteiger partial charge in [0.15, 0.2) is 5.79 Å². The maximum absolute atomic E-state index is 11.0. The normalized spacial score (nSPS) is 21.9. The van der Waals surface area contributed by atoms with E-state index >= 15 is 0 Å². The molecule has 1 fully saturated rings. The van der Waals surface area contributed by atoms with E-state index in [9.17, 15) is 4.79 Å². The molecule has 0 aromatic heterocycles. The molecule has 1 aliphatic rings. The van der Waals surface area contributed by atoms with Gasteiger partial charge in [-0.15, -0.1) is 0 Å². The number of ether oxygens (including phenoxy) is 2. The summed E-state index contributed by atoms with van der Waals surface area (Å²) in [7, 11) is -2.75. The molecule has 3 rings (SSSR count). The van der Waals surface area contributed by atoms with Crippen LogP contribution in [-0.2, 0) is 18.7 Å². The van der Waals surface area contributed by atoms with Crippen molar-refractivity contribution < 1.29 is 18.7 Å². The average Bonchev–Trinajstić information content (AvgIpc) is 3.09. The molecule has 2 aromatic carbocycles. The first-order valence-corrected chi connectivity index (χ1v) is 13.8. The van der Waals surface area contributed by atoms with Gasteiger partial charge in [-0.2, -0.15) is 0 Å². The molecule has 4 nitrogen and oxygen atoms in total. The van der Waals surface area contributed by atoms with Crippen LogP contribution in [0.3, 0.4) is 0 Å². The quantitative estimate of drug-likeness (QED) is 0.296. The SMILES string of the molecule is CCC[C@@H](O[Si](c1ccccc1)(c1ccccc1)C(C)(C)C)[C@H]1OC(C)(C)O[C@H]1/C=C/C=O. The molecule has 3 atom stereocenters. The van der Waals surface area contributed by atoms with Crippen LogP contribution in [0, 0.1) is 0 Å². The number of carbonyl (C=O) groups excluding carboxylic acids is 1. The zero-order chi connectivity index (χ0) is 24.1. The molecule has 0 N–H and O–H groups in total. The van der Waals surface area contributed by atoms with Crippen molar-refractivity contribution in [2.45, 2.75) is 83.5 Å². The van der Waals surface area contributed by atoms with Crippen LogP contribution >= 0.6 is 0 Å². The molecule has 0 aliphatic carbocycles. The van der Waals surface area contributed by atoms with Gasteiger partial charge in [0, 0.05) is 0 Å². The summed E-state index contributed by atoms with van der Waals surface area (Å²) in [5.74, 6) is -0.747. The minimum atomic E-state index is -2.75. The highest BCUT2D eigenvalue weighted by Crippen LogP contribution is 2.41. The molecule has 0 radical (unpaired) electrons. The highest BCUT2D eigenvalue weighted by atomic mass is 28.4. The summed E-state index contributed by atoms with van der Waals surface area (Å²) >= 11 is 0. The fourth-order valence-corrected chi connectivity index (χ4v) is 9.62. The first kappa shape index (κ1) is 25.6. The molecular formula is C28H38O4Si. The molecule has 0 amide bonds. The molecule has 1 aliphatic heterocycles. The predicted octanol–water partition coefficient (Wildman–Crippen LogP) is 5.01. The maximum Gasteiger partial charge on any atom is 0.261 e. The Hall–Kier alpha value is -2.05. The standard InChI is InChI=1S/C28H38O4Si/c1-7-15-25(26-24(20-14-21-29)30-28(5,6)31-26)32-33(27(2,3)4,22-16-10-8-11-17-22)23-18-12-9-13-19-23/h8-14,16-21,24-26H,7,15H2,1-6H3/b20-14+/t24-,25+,26-/m0/s1. The molecule has 178 valence electrons. The van der Waals surface area contributed by atoms with E-state index in [1.807, 2.05) is 13.8 Å². The number of carbonyl (C=O) groups is 1. The molecule has 0 bridgehead atoms. The molecule has 2 aromatic rings. The Labute approximate surface area is 200 Å². The van der Waals surface area contributed by atoms with E-state index < -0.39 is 14.1 Å². The van der Waals surface area contributed by atoms with E-state index in [2.05, 4.69) is 88.4 Å². The number of allylic oxidation sites excluding steroid dienone is 1. The first-order chi connectivity index (χ1) is 15.6. The second-order valence-corrected chi connectivity index (χ2v) is 14.4. The average molecular weight is 467 g/mol. The van der Waals surface area contributed by atoms with Crippen molar-refractivity contribution >= 4 is 25.0 Å². The highest BCUT2D eigenvalue weighted by Gasteiger charge is 2.54. The Bertz CT molecular complexity index is 878. The number of aldehydes is 1. The fraction of sp³-hybridized carbons (Fsp3) is 0.464. The summed E-state index contributed by atoms with van der Waals surface area (Å²) < 4.78 is 20.0. The van der Waals surface area contributed by atoms with Crippen LogP contribution in [0.5, 0.6) is 0 Å². The van der Waals surface area contributed by atoms with Crippen LogP contribution in [-0.4, -0.2) is 38.7 Å². The van der Waals surface area contributed by atoms with Gasteiger partial charge in [-0.3, -0.25) is 4.79 Å². The lowest BCUT2D eigenvalue weighted by Gasteiger charge is -2.46. The van der Waals surface area contributed by atoms with Gasteiger partial charge in [0.05, 0.1) is 6.10 Å². The lowest BCUT2D eigenvalue weighted by Crippen LogP contribution is -2.68. The van der Waals surface area contributed by atoms with Gasteiger partial charge in [-0.1, -0.05) is 94.8 Å². The summed E-state index contributed by atoms with van der Waals surface area (Å²) in [6, 6.07) is 21.3. The second-order valence-electron chi connectivity index (χ2n) is 10.2. The first-order valence-electron chi connectivity index (χ1n) is 11.9. The summed E-state index contributed by atoms with van der Waals surface area (Å²) in [5, 5.41) is 2.34. The van der Waals surface area contributed by atoms with E-state index in [4.69, 9.17) is 13.9 Å². The molecule has 0 spiro atoms. The van der Waals surface area contributed by atoms with Crippen LogP contribution in [0.1, 0.15) is 54.4 Å². The van der Waals surface area contributed by atoms with Gasteiger partial charge < -0.3 is 13.9 Å². The van der Waals surface area contributed by atoms with Crippen molar-refractivity contribution in [3.63, 3.8) is 0 Å². The zero-order valence-corrected chi connectivity index (χ0v) is 21.8. The highest BCUT2D eigenvalue weighted by molar-refractivity contribution is 6.99. The van der Waals surface area contributed by atoms with Gasteiger partial charge in [0.25, 0.3) is 8.32 Å². The molecule has 5 heteroatoms. The minimum absolute atomic E-state index is 0.134. The second kappa shape index (κ2) is 10.5. The van der Waals surface area contributed by atoms with Gasteiger partial charge in [0.1, 0.15) is 18.5 Å². The van der Waals surface area contributed by atoms with E-state index in [-0.39, 0.29) is 23.4 Å². The molecule has 1 saturated heterocycles. The maximum atomic E-state index is 11.0. The summed E-state index contributed by atoms with van der Waals surface area (Å²) in [6.07, 6.45) is 5.01. The van der Waals surface area contributed by atoms with Crippen molar-refractivity contribution in [1.29, 1.82) is 0 Å². The third-order valence-electron chi connectivity index (χ3n) is 6.23. The number of hydrogen-bond acceptors (Lipinski definition) is 4. The van der Waals surface area contributed by atoms with E-state index in [1.54, 1.807) is 6.08 Å². The van der Waals surface area contributed by atoms with Gasteiger partial charge in [-0.05, 0) is 47.8 Å². The monoisotopic (exact) mass is 466 g/mol. The van der Waals surface area contributed by atoms with Crippen molar-refractivity contribution in [1.82, 2.24) is 0 Å². The number of rotatable bonds is 9. The Morgan fingerprint density at radius 2 is 1.55 bits per heavy atom. The summed E-state index contributed by atoms with van der Waals surface area (Å²) in [5.41, 5.74) is 0. The fourth-order valence-electron chi connectivity index (χ4n) is 4.90. The van der Waals surface area contributed by atoms with E-state index in [1.165, 1.54) is 16.4 Å². The summed E-state index contributed by atoms with van der Waals surface area (Å²) in [4.78, 5) is 11.0. The largest absolute Gasteiger partial charge is 0.402 e. The van der Waals surface area contributed by atoms with Gasteiger partial charge >= 0.3 is 0 Å². The lowest BCUT2D eigenvalue weighted by molar-refractivity contribution is -0.152. The van der Waals surface area contributed by atoms with Crippen LogP contribution in [0.25, 0.3) is 0 Å². The Morgan fingerprint density at radius 1 is 1.00 bits per heavy atom. The smallest absolute Gasteiger partial charge is 0.261 e. The Kier molecular flexibility index (Phi) is 8.11. The van der Waals surface area contributed by atoms with Crippen LogP contribution < -0.4 is 10.4 Å². The Morgan fingerprint density at radius 3 is 2.00 bits per heavy atom. The van der Waals surface area contributed by atoms with Crippen molar-refractivity contribution in [3.8, 4) is 0 Å². The molecule has 0 unspecified atom stereocenters. The third-order valence-corrected chi connectivity index (χ3v) is 11.3. The molecule has 0 saturated carbocycles. The lowest BCUT2D eigenvalue weighted by atomic mass is 10.0. The van der Waals surface area contributed by atoms with Crippen LogP contribution in [0.15, 0.2) is 72.8 Å². The number of benzene rings is 2. The molecular weight excluding hydrogens is 428 g/mol. The molecule has 1 heterocycles. The van der Waals surface area contributed by atoms with Crippen LogP contribution in [0.2, 0.25) is 5.04 Å². The van der Waals surface area contributed by atoms with Gasteiger partial charge in [-0.25, -0.2) is 0 Å². The van der Waals surface area contributed by atoms with Crippen molar-refractivity contribution in [3.05, 3.63) is 72.8 Å². The van der Waals surface area contributed by atoms with Crippen LogP contribution in [0.4, 0.5) is 0 Å². The Balaban J connectivity index is 2.15. The zero-order valence-electron chi connectivity index (χ0n) is 20.8. The predicted molar refractivity (Wildman–Crippen MR) is 136 cm³/mol. The van der Waals surface area contributed by atoms with Crippen molar-refractivity contribution in [2.24, 2.45) is 0 Å². The topological polar surface area (TPSA) is 44.8 Å². The summed E-state index contributed by atoms with van der Waals surface area (Å²) in [6.45, 7) is 12.8. The van der Waals surface area contributed by atoms with Gasteiger partial charge in [0.2, 0.25) is 0 Å². The number of hydrogen-bond donors (Lipinski definition) is 0. The van der Waals surface area contributed by atoms with E-state index in [0.29, 0.717) is 0 Å². The molecule has 33 heavy (non-hydrogen) atoms. The minimum Gasteiger partial charge on any atom is -0.402 e. The van der Waals surface area contributed by atoms with E-state index in [0.717, 1.165) is 19.1 Å². The third kappa shape index (κ3) is 5.55.